The molecule has 2 heterocycles. The summed E-state index contributed by atoms with van der Waals surface area (Å²) in [6, 6.07) is 10.6. The Labute approximate surface area is 144 Å². The number of benzene rings is 1. The minimum absolute atomic E-state index is 0.193. The number of hydrogen-bond donors (Lipinski definition) is 0. The van der Waals surface area contributed by atoms with Crippen LogP contribution in [-0.4, -0.2) is 33.7 Å². The van der Waals surface area contributed by atoms with E-state index < -0.39 is 0 Å². The van der Waals surface area contributed by atoms with Crippen LogP contribution in [0.4, 0.5) is 0 Å². The van der Waals surface area contributed by atoms with Crippen molar-refractivity contribution in [3.63, 3.8) is 0 Å². The minimum atomic E-state index is 0.193. The predicted molar refractivity (Wildman–Crippen MR) is 95.8 cm³/mol. The lowest BCUT2D eigenvalue weighted by atomic mass is 9.90. The molecule has 2 aromatic rings. The molecule has 3 rings (SSSR count). The van der Waals surface area contributed by atoms with Crippen molar-refractivity contribution in [2.45, 2.75) is 46.1 Å². The van der Waals surface area contributed by atoms with E-state index >= 15 is 0 Å². The van der Waals surface area contributed by atoms with Crippen LogP contribution >= 0.6 is 0 Å². The van der Waals surface area contributed by atoms with Crippen LogP contribution in [0.2, 0.25) is 0 Å². The van der Waals surface area contributed by atoms with Crippen LogP contribution in [0.5, 0.6) is 0 Å². The summed E-state index contributed by atoms with van der Waals surface area (Å²) in [7, 11) is 0. The van der Waals surface area contributed by atoms with Gasteiger partial charge >= 0.3 is 0 Å². The second kappa shape index (κ2) is 7.65. The highest BCUT2D eigenvalue weighted by molar-refractivity contribution is 5.76. The fourth-order valence-electron chi connectivity index (χ4n) is 3.57. The first kappa shape index (κ1) is 16.7. The van der Waals surface area contributed by atoms with Crippen molar-refractivity contribution in [3.8, 4) is 0 Å². The summed E-state index contributed by atoms with van der Waals surface area (Å²) >= 11 is 0. The van der Waals surface area contributed by atoms with Crippen molar-refractivity contribution >= 4 is 5.91 Å². The maximum atomic E-state index is 12.5. The molecule has 1 aromatic heterocycles. The highest BCUT2D eigenvalue weighted by atomic mass is 16.2. The number of aryl methyl sites for hydroxylation is 3. The quantitative estimate of drug-likeness (QED) is 0.845. The highest BCUT2D eigenvalue weighted by Crippen LogP contribution is 2.22. The highest BCUT2D eigenvalue weighted by Gasteiger charge is 2.23. The summed E-state index contributed by atoms with van der Waals surface area (Å²) in [6.45, 7) is 6.27. The van der Waals surface area contributed by atoms with Gasteiger partial charge in [-0.1, -0.05) is 24.3 Å². The summed E-state index contributed by atoms with van der Waals surface area (Å²) in [5.74, 6) is 0.806. The molecule has 0 unspecified atom stereocenters. The van der Waals surface area contributed by atoms with Crippen molar-refractivity contribution in [3.05, 3.63) is 53.3 Å². The molecule has 1 amide bonds. The summed E-state index contributed by atoms with van der Waals surface area (Å²) < 4.78 is 1.74. The summed E-state index contributed by atoms with van der Waals surface area (Å²) in [6.07, 6.45) is 6.50. The van der Waals surface area contributed by atoms with E-state index in [-0.39, 0.29) is 5.91 Å². The van der Waals surface area contributed by atoms with Gasteiger partial charge in [0, 0.05) is 19.3 Å². The molecular weight excluding hydrogens is 298 g/mol. The SMILES string of the molecule is Cc1ccn(CC(=O)N2CCC[C@H](CCc3ccccc3C)C2)n1. The Hall–Kier alpha value is -2.10. The molecule has 1 atom stereocenters. The van der Waals surface area contributed by atoms with Crippen LogP contribution in [-0.2, 0) is 17.8 Å². The van der Waals surface area contributed by atoms with Gasteiger partial charge in [-0.05, 0) is 62.6 Å². The van der Waals surface area contributed by atoms with E-state index in [1.807, 2.05) is 24.1 Å². The second-order valence-corrected chi connectivity index (χ2v) is 6.97. The third-order valence-electron chi connectivity index (χ3n) is 5.03. The molecule has 0 radical (unpaired) electrons. The van der Waals surface area contributed by atoms with Gasteiger partial charge in [0.05, 0.1) is 5.69 Å². The van der Waals surface area contributed by atoms with Crippen LogP contribution in [0.1, 0.15) is 36.1 Å². The molecule has 1 aliphatic heterocycles. The van der Waals surface area contributed by atoms with E-state index in [9.17, 15) is 4.79 Å². The summed E-state index contributed by atoms with van der Waals surface area (Å²) in [5, 5.41) is 4.32. The molecule has 128 valence electrons. The van der Waals surface area contributed by atoms with Gasteiger partial charge in [-0.25, -0.2) is 0 Å². The Kier molecular flexibility index (Phi) is 5.34. The molecule has 1 fully saturated rings. The molecular formula is C20H27N3O. The van der Waals surface area contributed by atoms with Gasteiger partial charge in [-0.2, -0.15) is 5.10 Å². The number of carbonyl (C=O) groups excluding carboxylic acids is 1. The number of nitrogens with zero attached hydrogens (tertiary/aromatic N) is 3. The normalized spacial score (nSPS) is 17.9. The maximum Gasteiger partial charge on any atom is 0.244 e. The van der Waals surface area contributed by atoms with E-state index in [1.54, 1.807) is 4.68 Å². The standard InChI is InChI=1S/C20H27N3O/c1-16-6-3-4-8-19(16)10-9-18-7-5-12-22(14-18)20(24)15-23-13-11-17(2)21-23/h3-4,6,8,11,13,18H,5,7,9-10,12,14-15H2,1-2H3/t18-/m1/s1. The molecule has 0 spiro atoms. The van der Waals surface area contributed by atoms with Crippen molar-refractivity contribution < 1.29 is 4.79 Å². The third-order valence-corrected chi connectivity index (χ3v) is 5.03. The molecule has 24 heavy (non-hydrogen) atoms. The van der Waals surface area contributed by atoms with Crippen molar-refractivity contribution in [1.82, 2.24) is 14.7 Å². The Bertz CT molecular complexity index is 692. The summed E-state index contributed by atoms with van der Waals surface area (Å²) in [4.78, 5) is 14.5. The molecule has 1 aromatic carbocycles. The lowest BCUT2D eigenvalue weighted by molar-refractivity contribution is -0.133. The Balaban J connectivity index is 1.52. The lowest BCUT2D eigenvalue weighted by Crippen LogP contribution is -2.41. The first-order chi connectivity index (χ1) is 11.6. The second-order valence-electron chi connectivity index (χ2n) is 6.97. The van der Waals surface area contributed by atoms with Gasteiger partial charge in [0.2, 0.25) is 5.91 Å². The number of carbonyl (C=O) groups is 1. The van der Waals surface area contributed by atoms with E-state index in [0.29, 0.717) is 12.5 Å². The van der Waals surface area contributed by atoms with Gasteiger partial charge in [-0.3, -0.25) is 9.48 Å². The number of rotatable bonds is 5. The van der Waals surface area contributed by atoms with Crippen LogP contribution in [0.3, 0.4) is 0 Å². The molecule has 0 aliphatic carbocycles. The topological polar surface area (TPSA) is 38.1 Å². The molecule has 1 aliphatic rings. The van der Waals surface area contributed by atoms with E-state index in [4.69, 9.17) is 0 Å². The molecule has 0 bridgehead atoms. The van der Waals surface area contributed by atoms with E-state index in [2.05, 4.69) is 36.3 Å². The van der Waals surface area contributed by atoms with E-state index in [1.165, 1.54) is 17.5 Å². The van der Waals surface area contributed by atoms with Crippen LogP contribution in [0.15, 0.2) is 36.5 Å². The molecule has 0 saturated carbocycles. The predicted octanol–water partition coefficient (Wildman–Crippen LogP) is 3.37. The number of hydrogen-bond acceptors (Lipinski definition) is 2. The molecule has 4 nitrogen and oxygen atoms in total. The first-order valence-corrected chi connectivity index (χ1v) is 8.94. The third kappa shape index (κ3) is 4.25. The van der Waals surface area contributed by atoms with Crippen LogP contribution < -0.4 is 0 Å². The van der Waals surface area contributed by atoms with Crippen molar-refractivity contribution in [2.75, 3.05) is 13.1 Å². The minimum Gasteiger partial charge on any atom is -0.341 e. The molecule has 0 N–H and O–H groups in total. The Morgan fingerprint density at radius 2 is 2.08 bits per heavy atom. The maximum absolute atomic E-state index is 12.5. The van der Waals surface area contributed by atoms with Crippen LogP contribution in [0.25, 0.3) is 0 Å². The van der Waals surface area contributed by atoms with Crippen molar-refractivity contribution in [1.29, 1.82) is 0 Å². The number of amides is 1. The van der Waals surface area contributed by atoms with Gasteiger partial charge in [0.15, 0.2) is 0 Å². The van der Waals surface area contributed by atoms with Crippen molar-refractivity contribution in [2.24, 2.45) is 5.92 Å². The van der Waals surface area contributed by atoms with Gasteiger partial charge in [0.25, 0.3) is 0 Å². The monoisotopic (exact) mass is 325 g/mol. The van der Waals surface area contributed by atoms with Crippen LogP contribution in [0, 0.1) is 19.8 Å². The average molecular weight is 325 g/mol. The largest absolute Gasteiger partial charge is 0.341 e. The average Bonchev–Trinajstić information content (AvgIpc) is 2.99. The summed E-state index contributed by atoms with van der Waals surface area (Å²) in [5.41, 5.74) is 3.76. The van der Waals surface area contributed by atoms with Gasteiger partial charge in [0.1, 0.15) is 6.54 Å². The fraction of sp³-hybridized carbons (Fsp3) is 0.500. The smallest absolute Gasteiger partial charge is 0.244 e. The van der Waals surface area contributed by atoms with Gasteiger partial charge in [-0.15, -0.1) is 0 Å². The Morgan fingerprint density at radius 3 is 2.83 bits per heavy atom. The number of piperidine rings is 1. The van der Waals surface area contributed by atoms with E-state index in [0.717, 1.165) is 38.0 Å². The molecule has 1 saturated heterocycles. The number of likely N-dealkylation sites (tertiary alicyclic amines) is 1. The zero-order valence-electron chi connectivity index (χ0n) is 14.7. The molecule has 4 heteroatoms. The Morgan fingerprint density at radius 1 is 1.25 bits per heavy atom. The zero-order valence-corrected chi connectivity index (χ0v) is 14.7. The van der Waals surface area contributed by atoms with Gasteiger partial charge < -0.3 is 4.90 Å². The number of aromatic nitrogens is 2. The lowest BCUT2D eigenvalue weighted by Gasteiger charge is -2.33. The fourth-order valence-corrected chi connectivity index (χ4v) is 3.57. The zero-order chi connectivity index (χ0) is 16.9. The first-order valence-electron chi connectivity index (χ1n) is 8.94.